The van der Waals surface area contributed by atoms with Gasteiger partial charge in [-0.1, -0.05) is 19.8 Å². The SMILES string of the molecule is CCCOCCC1CCCCC1NC. The molecular formula is C12H25NO. The van der Waals surface area contributed by atoms with Gasteiger partial charge in [0.1, 0.15) is 0 Å². The number of hydrogen-bond acceptors (Lipinski definition) is 2. The third kappa shape index (κ3) is 3.97. The second-order valence-corrected chi connectivity index (χ2v) is 4.34. The predicted octanol–water partition coefficient (Wildman–Crippen LogP) is 2.58. The molecule has 0 aromatic heterocycles. The van der Waals surface area contributed by atoms with E-state index in [1.807, 2.05) is 0 Å². The molecule has 1 rings (SSSR count). The zero-order chi connectivity index (χ0) is 10.2. The summed E-state index contributed by atoms with van der Waals surface area (Å²) in [6.45, 7) is 4.05. The fraction of sp³-hybridized carbons (Fsp3) is 1.00. The first-order valence-electron chi connectivity index (χ1n) is 6.13. The molecule has 2 nitrogen and oxygen atoms in total. The second kappa shape index (κ2) is 7.24. The Balaban J connectivity index is 2.13. The molecule has 1 aliphatic rings. The third-order valence-electron chi connectivity index (χ3n) is 3.26. The maximum absolute atomic E-state index is 5.55. The van der Waals surface area contributed by atoms with E-state index in [-0.39, 0.29) is 0 Å². The molecule has 14 heavy (non-hydrogen) atoms. The van der Waals surface area contributed by atoms with Crippen molar-refractivity contribution in [3.05, 3.63) is 0 Å². The van der Waals surface area contributed by atoms with Gasteiger partial charge in [0.25, 0.3) is 0 Å². The van der Waals surface area contributed by atoms with Crippen LogP contribution in [0.2, 0.25) is 0 Å². The fourth-order valence-electron chi connectivity index (χ4n) is 2.41. The highest BCUT2D eigenvalue weighted by Crippen LogP contribution is 2.26. The molecule has 1 fully saturated rings. The summed E-state index contributed by atoms with van der Waals surface area (Å²) >= 11 is 0. The summed E-state index contributed by atoms with van der Waals surface area (Å²) < 4.78 is 5.55. The first kappa shape index (κ1) is 12.0. The predicted molar refractivity (Wildman–Crippen MR) is 60.5 cm³/mol. The molecule has 0 radical (unpaired) electrons. The minimum Gasteiger partial charge on any atom is -0.381 e. The van der Waals surface area contributed by atoms with E-state index in [4.69, 9.17) is 4.74 Å². The summed E-state index contributed by atoms with van der Waals surface area (Å²) in [5.41, 5.74) is 0. The highest BCUT2D eigenvalue weighted by atomic mass is 16.5. The lowest BCUT2D eigenvalue weighted by atomic mass is 9.83. The molecule has 2 unspecified atom stereocenters. The van der Waals surface area contributed by atoms with Gasteiger partial charge in [-0.15, -0.1) is 0 Å². The summed E-state index contributed by atoms with van der Waals surface area (Å²) in [4.78, 5) is 0. The first-order chi connectivity index (χ1) is 6.88. The molecule has 0 amide bonds. The van der Waals surface area contributed by atoms with Gasteiger partial charge in [-0.3, -0.25) is 0 Å². The van der Waals surface area contributed by atoms with E-state index in [2.05, 4.69) is 19.3 Å². The molecule has 84 valence electrons. The molecular weight excluding hydrogens is 174 g/mol. The van der Waals surface area contributed by atoms with Crippen LogP contribution in [0.15, 0.2) is 0 Å². The van der Waals surface area contributed by atoms with Crippen molar-refractivity contribution in [2.45, 2.75) is 51.5 Å². The minimum absolute atomic E-state index is 0.744. The lowest BCUT2D eigenvalue weighted by Crippen LogP contribution is -2.36. The van der Waals surface area contributed by atoms with Gasteiger partial charge in [0, 0.05) is 19.3 Å². The maximum Gasteiger partial charge on any atom is 0.0469 e. The maximum atomic E-state index is 5.55. The molecule has 2 atom stereocenters. The van der Waals surface area contributed by atoms with Crippen molar-refractivity contribution >= 4 is 0 Å². The third-order valence-corrected chi connectivity index (χ3v) is 3.26. The molecule has 0 aliphatic heterocycles. The lowest BCUT2D eigenvalue weighted by Gasteiger charge is -2.31. The van der Waals surface area contributed by atoms with Gasteiger partial charge in [0.15, 0.2) is 0 Å². The number of rotatable bonds is 6. The van der Waals surface area contributed by atoms with Crippen molar-refractivity contribution in [3.63, 3.8) is 0 Å². The van der Waals surface area contributed by atoms with Gasteiger partial charge in [0.2, 0.25) is 0 Å². The van der Waals surface area contributed by atoms with Crippen molar-refractivity contribution in [3.8, 4) is 0 Å². The van der Waals surface area contributed by atoms with Crippen molar-refractivity contribution < 1.29 is 4.74 Å². The van der Waals surface area contributed by atoms with E-state index in [9.17, 15) is 0 Å². The van der Waals surface area contributed by atoms with E-state index >= 15 is 0 Å². The topological polar surface area (TPSA) is 21.3 Å². The van der Waals surface area contributed by atoms with Gasteiger partial charge in [-0.05, 0) is 38.6 Å². The van der Waals surface area contributed by atoms with Crippen molar-refractivity contribution in [1.29, 1.82) is 0 Å². The molecule has 0 aromatic rings. The van der Waals surface area contributed by atoms with Crippen LogP contribution in [0.3, 0.4) is 0 Å². The molecule has 1 saturated carbocycles. The van der Waals surface area contributed by atoms with Crippen LogP contribution < -0.4 is 5.32 Å². The highest BCUT2D eigenvalue weighted by Gasteiger charge is 2.22. The Labute approximate surface area is 88.4 Å². The highest BCUT2D eigenvalue weighted by molar-refractivity contribution is 4.79. The molecule has 0 bridgehead atoms. The van der Waals surface area contributed by atoms with E-state index in [1.54, 1.807) is 0 Å². The van der Waals surface area contributed by atoms with E-state index < -0.39 is 0 Å². The molecule has 1 aliphatic carbocycles. The Kier molecular flexibility index (Phi) is 6.20. The summed E-state index contributed by atoms with van der Waals surface area (Å²) in [5, 5.41) is 3.44. The Hall–Kier alpha value is -0.0800. The minimum atomic E-state index is 0.744. The van der Waals surface area contributed by atoms with Crippen LogP contribution in [-0.4, -0.2) is 26.3 Å². The fourth-order valence-corrected chi connectivity index (χ4v) is 2.41. The molecule has 2 heteroatoms. The number of ether oxygens (including phenoxy) is 1. The van der Waals surface area contributed by atoms with E-state index in [0.29, 0.717) is 0 Å². The van der Waals surface area contributed by atoms with Crippen LogP contribution in [0.4, 0.5) is 0 Å². The zero-order valence-electron chi connectivity index (χ0n) is 9.72. The Morgan fingerprint density at radius 3 is 2.71 bits per heavy atom. The van der Waals surface area contributed by atoms with Crippen molar-refractivity contribution in [2.75, 3.05) is 20.3 Å². The number of nitrogens with one attached hydrogen (secondary N) is 1. The van der Waals surface area contributed by atoms with Crippen LogP contribution in [0.25, 0.3) is 0 Å². The summed E-state index contributed by atoms with van der Waals surface area (Å²) in [6, 6.07) is 0.744. The van der Waals surface area contributed by atoms with Gasteiger partial charge in [-0.2, -0.15) is 0 Å². The second-order valence-electron chi connectivity index (χ2n) is 4.34. The average molecular weight is 199 g/mol. The normalized spacial score (nSPS) is 27.9. The summed E-state index contributed by atoms with van der Waals surface area (Å²) in [5.74, 6) is 0.852. The lowest BCUT2D eigenvalue weighted by molar-refractivity contribution is 0.107. The van der Waals surface area contributed by atoms with Crippen molar-refractivity contribution in [1.82, 2.24) is 5.32 Å². The largest absolute Gasteiger partial charge is 0.381 e. The van der Waals surface area contributed by atoms with Gasteiger partial charge in [0.05, 0.1) is 0 Å². The van der Waals surface area contributed by atoms with Gasteiger partial charge < -0.3 is 10.1 Å². The van der Waals surface area contributed by atoms with E-state index in [1.165, 1.54) is 32.1 Å². The molecule has 0 spiro atoms. The van der Waals surface area contributed by atoms with Crippen LogP contribution in [0.1, 0.15) is 45.4 Å². The van der Waals surface area contributed by atoms with Crippen molar-refractivity contribution in [2.24, 2.45) is 5.92 Å². The van der Waals surface area contributed by atoms with Crippen LogP contribution in [0, 0.1) is 5.92 Å². The summed E-state index contributed by atoms with van der Waals surface area (Å²) in [7, 11) is 2.09. The van der Waals surface area contributed by atoms with E-state index in [0.717, 1.165) is 31.6 Å². The molecule has 0 saturated heterocycles. The van der Waals surface area contributed by atoms with Gasteiger partial charge in [-0.25, -0.2) is 0 Å². The first-order valence-corrected chi connectivity index (χ1v) is 6.13. The number of hydrogen-bond donors (Lipinski definition) is 1. The Morgan fingerprint density at radius 1 is 1.21 bits per heavy atom. The molecule has 0 heterocycles. The molecule has 1 N–H and O–H groups in total. The summed E-state index contributed by atoms with van der Waals surface area (Å²) in [6.07, 6.45) is 7.94. The van der Waals surface area contributed by atoms with Crippen LogP contribution in [-0.2, 0) is 4.74 Å². The standard InChI is InChI=1S/C12H25NO/c1-3-9-14-10-8-11-6-4-5-7-12(11)13-2/h11-13H,3-10H2,1-2H3. The molecule has 0 aromatic carbocycles. The smallest absolute Gasteiger partial charge is 0.0469 e. The average Bonchev–Trinajstić information content (AvgIpc) is 2.25. The quantitative estimate of drug-likeness (QED) is 0.664. The zero-order valence-corrected chi connectivity index (χ0v) is 9.72. The van der Waals surface area contributed by atoms with Crippen LogP contribution in [0.5, 0.6) is 0 Å². The Morgan fingerprint density at radius 2 is 2.00 bits per heavy atom. The monoisotopic (exact) mass is 199 g/mol. The Bertz CT molecular complexity index is 138. The van der Waals surface area contributed by atoms with Gasteiger partial charge >= 0.3 is 0 Å². The van der Waals surface area contributed by atoms with Crippen LogP contribution >= 0.6 is 0 Å².